The van der Waals surface area contributed by atoms with Crippen LogP contribution in [0, 0.1) is 5.41 Å². The van der Waals surface area contributed by atoms with E-state index in [2.05, 4.69) is 19.2 Å². The zero-order valence-corrected chi connectivity index (χ0v) is 12.1. The molecule has 1 fully saturated rings. The van der Waals surface area contributed by atoms with Crippen LogP contribution in [0.15, 0.2) is 0 Å². The van der Waals surface area contributed by atoms with Crippen LogP contribution in [0.2, 0.25) is 0 Å². The molecule has 2 atom stereocenters. The van der Waals surface area contributed by atoms with Crippen molar-refractivity contribution in [2.24, 2.45) is 11.1 Å². The molecule has 17 heavy (non-hydrogen) atoms. The number of amides is 1. The van der Waals surface area contributed by atoms with E-state index in [1.165, 1.54) is 12.8 Å². The second kappa shape index (κ2) is 6.64. The Labute approximate surface area is 109 Å². The van der Waals surface area contributed by atoms with Crippen LogP contribution in [0.5, 0.6) is 0 Å². The molecule has 0 aromatic rings. The van der Waals surface area contributed by atoms with Crippen LogP contribution in [0.3, 0.4) is 0 Å². The van der Waals surface area contributed by atoms with Crippen LogP contribution in [-0.4, -0.2) is 30.0 Å². The van der Waals surface area contributed by atoms with Crippen molar-refractivity contribution in [3.63, 3.8) is 0 Å². The number of nitrogens with one attached hydrogen (secondary N) is 1. The molecule has 1 rings (SSSR count). The Morgan fingerprint density at radius 2 is 2.29 bits per heavy atom. The van der Waals surface area contributed by atoms with Crippen LogP contribution in [0.4, 0.5) is 0 Å². The summed E-state index contributed by atoms with van der Waals surface area (Å²) in [5.74, 6) is 0.979. The number of hydrogen-bond acceptors (Lipinski definition) is 3. The lowest BCUT2D eigenvalue weighted by Crippen LogP contribution is -2.48. The van der Waals surface area contributed by atoms with E-state index in [4.69, 9.17) is 5.73 Å². The molecule has 100 valence electrons. The molecule has 1 saturated carbocycles. The highest BCUT2D eigenvalue weighted by atomic mass is 32.2. The lowest BCUT2D eigenvalue weighted by atomic mass is 9.75. The number of carbonyl (C=O) groups is 1. The van der Waals surface area contributed by atoms with Gasteiger partial charge in [0.15, 0.2) is 0 Å². The van der Waals surface area contributed by atoms with Crippen molar-refractivity contribution in [3.8, 4) is 0 Å². The average molecular weight is 258 g/mol. The van der Waals surface area contributed by atoms with Gasteiger partial charge in [0, 0.05) is 6.04 Å². The molecule has 0 radical (unpaired) electrons. The van der Waals surface area contributed by atoms with E-state index in [1.807, 2.05) is 6.26 Å². The van der Waals surface area contributed by atoms with E-state index in [0.29, 0.717) is 11.5 Å². The third-order valence-corrected chi connectivity index (χ3v) is 4.17. The molecule has 0 aliphatic heterocycles. The topological polar surface area (TPSA) is 55.1 Å². The molecule has 0 saturated heterocycles. The van der Waals surface area contributed by atoms with E-state index >= 15 is 0 Å². The van der Waals surface area contributed by atoms with Gasteiger partial charge in [0.1, 0.15) is 0 Å². The largest absolute Gasteiger partial charge is 0.352 e. The van der Waals surface area contributed by atoms with Gasteiger partial charge in [0.2, 0.25) is 5.91 Å². The third kappa shape index (κ3) is 5.30. The summed E-state index contributed by atoms with van der Waals surface area (Å²) in [5, 5.41) is 3.11. The second-order valence-corrected chi connectivity index (χ2v) is 6.84. The molecule has 1 unspecified atom stereocenters. The zero-order chi connectivity index (χ0) is 12.9. The zero-order valence-electron chi connectivity index (χ0n) is 11.3. The Bertz CT molecular complexity index is 256. The first-order valence-corrected chi connectivity index (χ1v) is 7.89. The lowest BCUT2D eigenvalue weighted by molar-refractivity contribution is -0.123. The van der Waals surface area contributed by atoms with E-state index in [9.17, 15) is 4.79 Å². The van der Waals surface area contributed by atoms with Crippen molar-refractivity contribution < 1.29 is 4.79 Å². The Hall–Kier alpha value is -0.220. The van der Waals surface area contributed by atoms with Gasteiger partial charge in [-0.25, -0.2) is 0 Å². The minimum Gasteiger partial charge on any atom is -0.352 e. The second-order valence-electron chi connectivity index (χ2n) is 5.85. The number of carbonyl (C=O) groups excluding carboxylic acids is 1. The van der Waals surface area contributed by atoms with Gasteiger partial charge < -0.3 is 11.1 Å². The predicted octanol–water partition coefficient (Wildman–Crippen LogP) is 2.15. The van der Waals surface area contributed by atoms with E-state index in [0.717, 1.165) is 25.0 Å². The SMILES string of the molecule is CSCC[C@H](N)C(=O)NC1CCCC(C)(C)C1. The minimum atomic E-state index is -0.340. The van der Waals surface area contributed by atoms with Crippen LogP contribution < -0.4 is 11.1 Å². The quantitative estimate of drug-likeness (QED) is 0.794. The summed E-state index contributed by atoms with van der Waals surface area (Å²) in [4.78, 5) is 11.9. The first kappa shape index (κ1) is 14.8. The van der Waals surface area contributed by atoms with Crippen LogP contribution >= 0.6 is 11.8 Å². The normalized spacial score (nSPS) is 25.3. The molecular weight excluding hydrogens is 232 g/mol. The van der Waals surface area contributed by atoms with E-state index in [1.54, 1.807) is 11.8 Å². The summed E-state index contributed by atoms with van der Waals surface area (Å²) in [5.41, 5.74) is 6.22. The van der Waals surface area contributed by atoms with Crippen molar-refractivity contribution in [1.82, 2.24) is 5.32 Å². The molecule has 1 aliphatic carbocycles. The van der Waals surface area contributed by atoms with E-state index in [-0.39, 0.29) is 11.9 Å². The molecule has 3 N–H and O–H groups in total. The van der Waals surface area contributed by atoms with Crippen LogP contribution in [-0.2, 0) is 4.79 Å². The summed E-state index contributed by atoms with van der Waals surface area (Å²) in [7, 11) is 0. The van der Waals surface area contributed by atoms with Gasteiger partial charge in [0.05, 0.1) is 6.04 Å². The molecule has 0 heterocycles. The summed E-state index contributed by atoms with van der Waals surface area (Å²) >= 11 is 1.73. The lowest BCUT2D eigenvalue weighted by Gasteiger charge is -2.35. The molecule has 3 nitrogen and oxygen atoms in total. The van der Waals surface area contributed by atoms with Crippen molar-refractivity contribution in [1.29, 1.82) is 0 Å². The molecule has 4 heteroatoms. The van der Waals surface area contributed by atoms with Gasteiger partial charge in [-0.05, 0) is 43.1 Å². The molecule has 0 spiro atoms. The Morgan fingerprint density at radius 3 is 2.88 bits per heavy atom. The molecule has 1 amide bonds. The minimum absolute atomic E-state index is 0.0294. The third-order valence-electron chi connectivity index (χ3n) is 3.52. The average Bonchev–Trinajstić information content (AvgIpc) is 2.24. The first-order chi connectivity index (χ1) is 7.94. The molecule has 0 bridgehead atoms. The number of rotatable bonds is 5. The number of thioether (sulfide) groups is 1. The Morgan fingerprint density at radius 1 is 1.59 bits per heavy atom. The Balaban J connectivity index is 2.35. The van der Waals surface area contributed by atoms with Gasteiger partial charge in [-0.1, -0.05) is 20.3 Å². The Kier molecular flexibility index (Phi) is 5.80. The highest BCUT2D eigenvalue weighted by molar-refractivity contribution is 7.98. The summed E-state index contributed by atoms with van der Waals surface area (Å²) < 4.78 is 0. The first-order valence-electron chi connectivity index (χ1n) is 6.49. The molecule has 1 aliphatic rings. The fourth-order valence-corrected chi connectivity index (χ4v) is 3.00. The monoisotopic (exact) mass is 258 g/mol. The predicted molar refractivity (Wildman–Crippen MR) is 75.2 cm³/mol. The van der Waals surface area contributed by atoms with Gasteiger partial charge in [-0.3, -0.25) is 4.79 Å². The van der Waals surface area contributed by atoms with Gasteiger partial charge in [-0.15, -0.1) is 0 Å². The fourth-order valence-electron chi connectivity index (χ4n) is 2.51. The van der Waals surface area contributed by atoms with E-state index < -0.39 is 0 Å². The van der Waals surface area contributed by atoms with Crippen molar-refractivity contribution in [2.45, 2.75) is 58.0 Å². The van der Waals surface area contributed by atoms with Crippen LogP contribution in [0.1, 0.15) is 46.0 Å². The molecular formula is C13H26N2OS. The summed E-state index contributed by atoms with van der Waals surface area (Å²) in [6.45, 7) is 4.55. The van der Waals surface area contributed by atoms with Crippen molar-refractivity contribution in [3.05, 3.63) is 0 Å². The van der Waals surface area contributed by atoms with Gasteiger partial charge in [0.25, 0.3) is 0 Å². The summed E-state index contributed by atoms with van der Waals surface area (Å²) in [6, 6.07) is -0.0148. The van der Waals surface area contributed by atoms with Gasteiger partial charge in [-0.2, -0.15) is 11.8 Å². The smallest absolute Gasteiger partial charge is 0.237 e. The van der Waals surface area contributed by atoms with Crippen molar-refractivity contribution in [2.75, 3.05) is 12.0 Å². The number of nitrogens with two attached hydrogens (primary N) is 1. The maximum Gasteiger partial charge on any atom is 0.237 e. The fraction of sp³-hybridized carbons (Fsp3) is 0.923. The number of hydrogen-bond donors (Lipinski definition) is 2. The molecule has 0 aromatic carbocycles. The highest BCUT2D eigenvalue weighted by Gasteiger charge is 2.29. The van der Waals surface area contributed by atoms with Crippen molar-refractivity contribution >= 4 is 17.7 Å². The maximum atomic E-state index is 11.9. The standard InChI is InChI=1S/C13H26N2OS/c1-13(2)7-4-5-10(9-13)15-12(16)11(14)6-8-17-3/h10-11H,4-9,14H2,1-3H3,(H,15,16)/t10?,11-/m0/s1. The summed E-state index contributed by atoms with van der Waals surface area (Å²) in [6.07, 6.45) is 7.45. The van der Waals surface area contributed by atoms with Gasteiger partial charge >= 0.3 is 0 Å². The maximum absolute atomic E-state index is 11.9. The highest BCUT2D eigenvalue weighted by Crippen LogP contribution is 2.35. The molecule has 0 aromatic heterocycles. The van der Waals surface area contributed by atoms with Crippen LogP contribution in [0.25, 0.3) is 0 Å².